The molecule has 0 saturated carbocycles. The minimum atomic E-state index is -0.501. The van der Waals surface area contributed by atoms with Gasteiger partial charge < -0.3 is 14.5 Å². The van der Waals surface area contributed by atoms with Gasteiger partial charge in [0.25, 0.3) is 0 Å². The number of hydrogen-bond donors (Lipinski definition) is 0. The largest absolute Gasteiger partial charge is 0.444 e. The van der Waals surface area contributed by atoms with Crippen molar-refractivity contribution in [3.8, 4) is 11.4 Å². The molecule has 1 amide bonds. The number of nitrogens with zero attached hydrogens (tertiary/aromatic N) is 4. The number of hydrogen-bond acceptors (Lipinski definition) is 6. The van der Waals surface area contributed by atoms with Gasteiger partial charge in [-0.15, -0.1) is 0 Å². The molecule has 1 aromatic carbocycles. The summed E-state index contributed by atoms with van der Waals surface area (Å²) in [5.41, 5.74) is 0.171. The van der Waals surface area contributed by atoms with Crippen LogP contribution in [0.15, 0.2) is 18.2 Å². The van der Waals surface area contributed by atoms with E-state index in [0.29, 0.717) is 37.6 Å². The van der Waals surface area contributed by atoms with Crippen LogP contribution in [-0.2, 0) is 4.74 Å². The lowest BCUT2D eigenvalue weighted by atomic mass is 10.2. The Morgan fingerprint density at radius 2 is 1.96 bits per heavy atom. The Labute approximate surface area is 160 Å². The average molecular weight is 399 g/mol. The van der Waals surface area contributed by atoms with E-state index < -0.39 is 11.4 Å². The van der Waals surface area contributed by atoms with Crippen molar-refractivity contribution in [2.45, 2.75) is 26.4 Å². The molecular weight excluding hydrogens is 379 g/mol. The van der Waals surface area contributed by atoms with Crippen LogP contribution in [0.3, 0.4) is 0 Å². The summed E-state index contributed by atoms with van der Waals surface area (Å²) < 4.78 is 23.0. The molecular formula is C17H20ClFN4O2S. The maximum absolute atomic E-state index is 13.3. The highest BCUT2D eigenvalue weighted by molar-refractivity contribution is 7.09. The molecule has 1 aliphatic heterocycles. The molecule has 0 N–H and O–H groups in total. The van der Waals surface area contributed by atoms with Crippen molar-refractivity contribution in [2.24, 2.45) is 0 Å². The van der Waals surface area contributed by atoms with Crippen LogP contribution < -0.4 is 4.90 Å². The van der Waals surface area contributed by atoms with Gasteiger partial charge in [0.1, 0.15) is 11.4 Å². The third-order valence-electron chi connectivity index (χ3n) is 3.79. The Hall–Kier alpha value is -1.93. The zero-order chi connectivity index (χ0) is 18.9. The van der Waals surface area contributed by atoms with E-state index in [1.807, 2.05) is 20.8 Å². The first-order valence-corrected chi connectivity index (χ1v) is 9.40. The van der Waals surface area contributed by atoms with E-state index in [2.05, 4.69) is 14.3 Å². The number of aromatic nitrogens is 2. The Kier molecular flexibility index (Phi) is 5.34. The lowest BCUT2D eigenvalue weighted by Gasteiger charge is -2.35. The first-order valence-electron chi connectivity index (χ1n) is 8.25. The summed E-state index contributed by atoms with van der Waals surface area (Å²) in [4.78, 5) is 20.4. The van der Waals surface area contributed by atoms with Gasteiger partial charge in [-0.3, -0.25) is 0 Å². The second kappa shape index (κ2) is 7.36. The van der Waals surface area contributed by atoms with E-state index in [9.17, 15) is 9.18 Å². The van der Waals surface area contributed by atoms with E-state index in [0.717, 1.165) is 5.13 Å². The highest BCUT2D eigenvalue weighted by Crippen LogP contribution is 2.27. The van der Waals surface area contributed by atoms with Crippen molar-refractivity contribution in [3.63, 3.8) is 0 Å². The van der Waals surface area contributed by atoms with E-state index in [-0.39, 0.29) is 11.1 Å². The molecule has 1 aromatic heterocycles. The number of carbonyl (C=O) groups is 1. The van der Waals surface area contributed by atoms with Gasteiger partial charge in [-0.2, -0.15) is 9.36 Å². The van der Waals surface area contributed by atoms with Gasteiger partial charge in [0.15, 0.2) is 5.82 Å². The van der Waals surface area contributed by atoms with Gasteiger partial charge in [0.05, 0.1) is 5.02 Å². The summed E-state index contributed by atoms with van der Waals surface area (Å²) >= 11 is 7.10. The molecule has 140 valence electrons. The van der Waals surface area contributed by atoms with Gasteiger partial charge >= 0.3 is 6.09 Å². The van der Waals surface area contributed by atoms with E-state index in [4.69, 9.17) is 16.3 Å². The number of amides is 1. The number of rotatable bonds is 2. The van der Waals surface area contributed by atoms with Crippen molar-refractivity contribution in [2.75, 3.05) is 31.1 Å². The van der Waals surface area contributed by atoms with Crippen LogP contribution in [0.2, 0.25) is 5.02 Å². The predicted octanol–water partition coefficient (Wildman–Crippen LogP) is 4.05. The third-order valence-corrected chi connectivity index (χ3v) is 4.86. The monoisotopic (exact) mass is 398 g/mol. The van der Waals surface area contributed by atoms with Crippen molar-refractivity contribution in [1.29, 1.82) is 0 Å². The summed E-state index contributed by atoms with van der Waals surface area (Å²) in [6.07, 6.45) is -0.295. The topological polar surface area (TPSA) is 58.6 Å². The van der Waals surface area contributed by atoms with Gasteiger partial charge in [0.2, 0.25) is 5.13 Å². The molecule has 1 saturated heterocycles. The standard InChI is InChI=1S/C17H20ClFN4O2S/c1-17(2,3)25-16(24)23-8-6-22(7-9-23)15-20-14(21-26-15)11-4-5-13(19)12(18)10-11/h4-5,10H,6-9H2,1-3H3. The second-order valence-electron chi connectivity index (χ2n) is 6.98. The summed E-state index contributed by atoms with van der Waals surface area (Å²) in [6, 6.07) is 4.43. The first-order chi connectivity index (χ1) is 12.2. The first kappa shape index (κ1) is 18.8. The van der Waals surface area contributed by atoms with Crippen molar-refractivity contribution in [1.82, 2.24) is 14.3 Å². The van der Waals surface area contributed by atoms with E-state index >= 15 is 0 Å². The average Bonchev–Trinajstić information content (AvgIpc) is 3.06. The predicted molar refractivity (Wildman–Crippen MR) is 100 cm³/mol. The fourth-order valence-electron chi connectivity index (χ4n) is 2.50. The molecule has 0 radical (unpaired) electrons. The molecule has 1 fully saturated rings. The Balaban J connectivity index is 1.63. The van der Waals surface area contributed by atoms with Crippen LogP contribution in [0.25, 0.3) is 11.4 Å². The highest BCUT2D eigenvalue weighted by atomic mass is 35.5. The number of anilines is 1. The van der Waals surface area contributed by atoms with Crippen molar-refractivity contribution < 1.29 is 13.9 Å². The molecule has 0 aliphatic carbocycles. The van der Waals surface area contributed by atoms with Gasteiger partial charge in [-0.1, -0.05) is 11.6 Å². The van der Waals surface area contributed by atoms with E-state index in [1.54, 1.807) is 11.0 Å². The molecule has 3 rings (SSSR count). The summed E-state index contributed by atoms with van der Waals surface area (Å²) in [6.45, 7) is 7.98. The van der Waals surface area contributed by atoms with Gasteiger partial charge in [-0.05, 0) is 39.0 Å². The normalized spacial score (nSPS) is 15.3. The molecule has 0 bridgehead atoms. The summed E-state index contributed by atoms with van der Waals surface area (Å²) in [7, 11) is 0. The molecule has 2 aromatic rings. The Morgan fingerprint density at radius 3 is 2.58 bits per heavy atom. The second-order valence-corrected chi connectivity index (χ2v) is 8.12. The van der Waals surface area contributed by atoms with Gasteiger partial charge in [0, 0.05) is 43.3 Å². The van der Waals surface area contributed by atoms with Crippen LogP contribution in [0.5, 0.6) is 0 Å². The zero-order valence-corrected chi connectivity index (χ0v) is 16.4. The molecule has 0 unspecified atom stereocenters. The van der Waals surface area contributed by atoms with Crippen LogP contribution in [0, 0.1) is 5.82 Å². The Bertz CT molecular complexity index is 800. The molecule has 2 heterocycles. The van der Waals surface area contributed by atoms with E-state index in [1.165, 1.54) is 23.7 Å². The number of piperazine rings is 1. The lowest BCUT2D eigenvalue weighted by Crippen LogP contribution is -2.50. The van der Waals surface area contributed by atoms with Crippen molar-refractivity contribution >= 4 is 34.4 Å². The quantitative estimate of drug-likeness (QED) is 0.763. The van der Waals surface area contributed by atoms with Gasteiger partial charge in [-0.25, -0.2) is 9.18 Å². The van der Waals surface area contributed by atoms with Crippen molar-refractivity contribution in [3.05, 3.63) is 29.0 Å². The summed E-state index contributed by atoms with van der Waals surface area (Å²) in [5.74, 6) is 0.0469. The number of halogens is 2. The SMILES string of the molecule is CC(C)(C)OC(=O)N1CCN(c2nc(-c3ccc(F)c(Cl)c3)ns2)CC1. The zero-order valence-electron chi connectivity index (χ0n) is 14.8. The molecule has 1 aliphatic rings. The maximum atomic E-state index is 13.3. The molecule has 9 heteroatoms. The third kappa shape index (κ3) is 4.42. The fourth-order valence-corrected chi connectivity index (χ4v) is 3.42. The number of benzene rings is 1. The van der Waals surface area contributed by atoms with Crippen LogP contribution in [-0.4, -0.2) is 52.1 Å². The number of ether oxygens (including phenoxy) is 1. The van der Waals surface area contributed by atoms with Crippen LogP contribution in [0.1, 0.15) is 20.8 Å². The Morgan fingerprint density at radius 1 is 1.27 bits per heavy atom. The minimum Gasteiger partial charge on any atom is -0.444 e. The smallest absolute Gasteiger partial charge is 0.410 e. The fraction of sp³-hybridized carbons (Fsp3) is 0.471. The maximum Gasteiger partial charge on any atom is 0.410 e. The lowest BCUT2D eigenvalue weighted by molar-refractivity contribution is 0.0240. The highest BCUT2D eigenvalue weighted by Gasteiger charge is 2.27. The number of carbonyl (C=O) groups excluding carboxylic acids is 1. The molecule has 26 heavy (non-hydrogen) atoms. The summed E-state index contributed by atoms with van der Waals surface area (Å²) in [5, 5.41) is 0.814. The minimum absolute atomic E-state index is 0.0461. The van der Waals surface area contributed by atoms with Crippen LogP contribution in [0.4, 0.5) is 14.3 Å². The van der Waals surface area contributed by atoms with Crippen LogP contribution >= 0.6 is 23.1 Å². The molecule has 6 nitrogen and oxygen atoms in total. The molecule has 0 spiro atoms. The molecule has 0 atom stereocenters.